The van der Waals surface area contributed by atoms with Gasteiger partial charge in [0.05, 0.1) is 12.4 Å². The van der Waals surface area contributed by atoms with Crippen LogP contribution < -0.4 is 4.74 Å². The predicted molar refractivity (Wildman–Crippen MR) is 133 cm³/mol. The summed E-state index contributed by atoms with van der Waals surface area (Å²) in [4.78, 5) is 15.1. The molecule has 2 aromatic carbocycles. The third-order valence-corrected chi connectivity index (χ3v) is 7.11. The topological polar surface area (TPSA) is 60.2 Å². The molecule has 1 aromatic heterocycles. The van der Waals surface area contributed by atoms with E-state index in [2.05, 4.69) is 24.0 Å². The fourth-order valence-electron chi connectivity index (χ4n) is 4.35. The van der Waals surface area contributed by atoms with Crippen LogP contribution >= 0.6 is 23.4 Å². The maximum atomic E-state index is 13.1. The summed E-state index contributed by atoms with van der Waals surface area (Å²) in [6.45, 7) is 6.85. The maximum absolute atomic E-state index is 13.1. The number of ether oxygens (including phenoxy) is 1. The highest BCUT2D eigenvalue weighted by atomic mass is 35.5. The molecular weight excluding hydrogens is 456 g/mol. The molecule has 0 unspecified atom stereocenters. The zero-order valence-corrected chi connectivity index (χ0v) is 20.8. The van der Waals surface area contributed by atoms with E-state index in [0.717, 1.165) is 29.8 Å². The van der Waals surface area contributed by atoms with E-state index in [-0.39, 0.29) is 18.0 Å². The van der Waals surface area contributed by atoms with E-state index < -0.39 is 0 Å². The minimum atomic E-state index is 0.147. The molecule has 0 spiro atoms. The Balaban J connectivity index is 1.63. The second-order valence-electron chi connectivity index (χ2n) is 8.29. The lowest BCUT2D eigenvalue weighted by atomic mass is 9.98. The van der Waals surface area contributed by atoms with E-state index in [4.69, 9.17) is 16.3 Å². The van der Waals surface area contributed by atoms with Crippen molar-refractivity contribution in [2.24, 2.45) is 0 Å². The van der Waals surface area contributed by atoms with E-state index in [1.165, 1.54) is 18.2 Å². The highest BCUT2D eigenvalue weighted by Crippen LogP contribution is 2.31. The van der Waals surface area contributed by atoms with Crippen molar-refractivity contribution in [3.63, 3.8) is 0 Å². The minimum Gasteiger partial charge on any atom is -0.494 e. The molecule has 33 heavy (non-hydrogen) atoms. The lowest BCUT2D eigenvalue weighted by molar-refractivity contribution is -0.134. The van der Waals surface area contributed by atoms with Gasteiger partial charge in [-0.25, -0.2) is 0 Å². The van der Waals surface area contributed by atoms with Crippen molar-refractivity contribution < 1.29 is 9.53 Å². The maximum Gasteiger partial charge on any atom is 0.233 e. The number of benzene rings is 2. The van der Waals surface area contributed by atoms with E-state index >= 15 is 0 Å². The first-order valence-electron chi connectivity index (χ1n) is 11.4. The minimum absolute atomic E-state index is 0.147. The van der Waals surface area contributed by atoms with E-state index in [1.807, 2.05) is 64.9 Å². The Morgan fingerprint density at radius 3 is 2.36 bits per heavy atom. The average Bonchev–Trinajstić information content (AvgIpc) is 3.23. The van der Waals surface area contributed by atoms with Crippen LogP contribution in [0.5, 0.6) is 5.75 Å². The molecule has 0 radical (unpaired) electrons. The summed E-state index contributed by atoms with van der Waals surface area (Å²) in [5.74, 6) is 1.98. The molecule has 2 heterocycles. The second-order valence-corrected chi connectivity index (χ2v) is 9.67. The van der Waals surface area contributed by atoms with Gasteiger partial charge in [0, 0.05) is 28.4 Å². The molecule has 1 fully saturated rings. The summed E-state index contributed by atoms with van der Waals surface area (Å²) in [6, 6.07) is 15.9. The number of hydrogen-bond donors (Lipinski definition) is 0. The van der Waals surface area contributed by atoms with Crippen molar-refractivity contribution in [3.05, 3.63) is 53.6 Å². The molecule has 0 bridgehead atoms. The summed E-state index contributed by atoms with van der Waals surface area (Å²) >= 11 is 7.51. The normalized spacial score (nSPS) is 18.4. The van der Waals surface area contributed by atoms with Gasteiger partial charge in [0.2, 0.25) is 5.91 Å². The van der Waals surface area contributed by atoms with Gasteiger partial charge in [0.15, 0.2) is 11.0 Å². The molecule has 174 valence electrons. The Labute approximate surface area is 204 Å². The van der Waals surface area contributed by atoms with Gasteiger partial charge in [-0.3, -0.25) is 9.36 Å². The Morgan fingerprint density at radius 1 is 1.06 bits per heavy atom. The second kappa shape index (κ2) is 10.6. The number of amides is 1. The number of aromatic nitrogens is 3. The van der Waals surface area contributed by atoms with Crippen molar-refractivity contribution in [3.8, 4) is 22.8 Å². The van der Waals surface area contributed by atoms with Gasteiger partial charge in [-0.1, -0.05) is 23.4 Å². The van der Waals surface area contributed by atoms with E-state index in [0.29, 0.717) is 28.4 Å². The molecule has 1 aliphatic rings. The number of carbonyl (C=O) groups excluding carboxylic acids is 1. The summed E-state index contributed by atoms with van der Waals surface area (Å²) in [5, 5.41) is 10.2. The van der Waals surface area contributed by atoms with Crippen molar-refractivity contribution in [1.82, 2.24) is 19.7 Å². The van der Waals surface area contributed by atoms with Gasteiger partial charge < -0.3 is 9.64 Å². The number of piperidine rings is 1. The van der Waals surface area contributed by atoms with Gasteiger partial charge >= 0.3 is 0 Å². The Bertz CT molecular complexity index is 1070. The van der Waals surface area contributed by atoms with Gasteiger partial charge in [-0.15, -0.1) is 10.2 Å². The van der Waals surface area contributed by atoms with Gasteiger partial charge in [-0.2, -0.15) is 0 Å². The average molecular weight is 485 g/mol. The van der Waals surface area contributed by atoms with E-state index in [1.54, 1.807) is 0 Å². The predicted octanol–water partition coefficient (Wildman–Crippen LogP) is 5.87. The first-order valence-corrected chi connectivity index (χ1v) is 12.7. The lowest BCUT2D eigenvalue weighted by Gasteiger charge is -2.39. The van der Waals surface area contributed by atoms with Crippen LogP contribution in [0.4, 0.5) is 0 Å². The third kappa shape index (κ3) is 5.36. The summed E-state index contributed by atoms with van der Waals surface area (Å²) in [5.41, 5.74) is 1.81. The number of carbonyl (C=O) groups is 1. The lowest BCUT2D eigenvalue weighted by Crippen LogP contribution is -2.48. The van der Waals surface area contributed by atoms with Crippen molar-refractivity contribution >= 4 is 29.3 Å². The molecular formula is C25H29ClN4O2S. The van der Waals surface area contributed by atoms with Crippen LogP contribution in [0.25, 0.3) is 17.1 Å². The highest BCUT2D eigenvalue weighted by molar-refractivity contribution is 7.99. The molecule has 1 aliphatic heterocycles. The van der Waals surface area contributed by atoms with E-state index in [9.17, 15) is 4.79 Å². The van der Waals surface area contributed by atoms with Crippen molar-refractivity contribution in [1.29, 1.82) is 0 Å². The fraction of sp³-hybridized carbons (Fsp3) is 0.400. The SMILES string of the molecule is CCOc1ccc(-n2c(SCC(=O)N3[C@H](C)CCC[C@@H]3C)nnc2-c2ccc(Cl)cc2)cc1. The van der Waals surface area contributed by atoms with Crippen LogP contribution in [0.2, 0.25) is 5.02 Å². The largest absolute Gasteiger partial charge is 0.494 e. The number of halogens is 1. The molecule has 8 heteroatoms. The fourth-order valence-corrected chi connectivity index (χ4v) is 5.30. The zero-order valence-electron chi connectivity index (χ0n) is 19.2. The number of rotatable bonds is 7. The molecule has 0 aliphatic carbocycles. The van der Waals surface area contributed by atoms with Crippen LogP contribution in [0.3, 0.4) is 0 Å². The quantitative estimate of drug-likeness (QED) is 0.392. The standard InChI is InChI=1S/C25H29ClN4O2S/c1-4-32-22-14-12-21(13-15-22)30-24(19-8-10-20(26)11-9-19)27-28-25(30)33-16-23(31)29-17(2)6-5-7-18(29)3/h8-15,17-18H,4-7,16H2,1-3H3/t17-,18+. The number of likely N-dealkylation sites (tertiary alicyclic amines) is 1. The molecule has 0 saturated carbocycles. The smallest absolute Gasteiger partial charge is 0.233 e. The number of thioether (sulfide) groups is 1. The van der Waals surface area contributed by atoms with Crippen LogP contribution in [-0.4, -0.2) is 50.0 Å². The summed E-state index contributed by atoms with van der Waals surface area (Å²) in [7, 11) is 0. The zero-order chi connectivity index (χ0) is 23.4. The van der Waals surface area contributed by atoms with Crippen LogP contribution in [0.1, 0.15) is 40.0 Å². The molecule has 2 atom stereocenters. The number of nitrogens with zero attached hydrogens (tertiary/aromatic N) is 4. The van der Waals surface area contributed by atoms with Crippen LogP contribution in [0, 0.1) is 0 Å². The Hall–Kier alpha value is -2.51. The monoisotopic (exact) mass is 484 g/mol. The van der Waals surface area contributed by atoms with Gasteiger partial charge in [-0.05, 0) is 88.6 Å². The van der Waals surface area contributed by atoms with Crippen molar-refractivity contribution in [2.45, 2.75) is 57.3 Å². The molecule has 1 saturated heterocycles. The summed E-state index contributed by atoms with van der Waals surface area (Å²) < 4.78 is 7.58. The highest BCUT2D eigenvalue weighted by Gasteiger charge is 2.29. The molecule has 4 rings (SSSR count). The van der Waals surface area contributed by atoms with Gasteiger partial charge in [0.25, 0.3) is 0 Å². The van der Waals surface area contributed by atoms with Gasteiger partial charge in [0.1, 0.15) is 5.75 Å². The first kappa shape index (κ1) is 23.6. The Morgan fingerprint density at radius 2 is 1.73 bits per heavy atom. The molecule has 3 aromatic rings. The molecule has 0 N–H and O–H groups in total. The molecule has 1 amide bonds. The summed E-state index contributed by atoms with van der Waals surface area (Å²) in [6.07, 6.45) is 3.30. The Kier molecular flexibility index (Phi) is 7.60. The number of hydrogen-bond acceptors (Lipinski definition) is 5. The van der Waals surface area contributed by atoms with Crippen molar-refractivity contribution in [2.75, 3.05) is 12.4 Å². The van der Waals surface area contributed by atoms with Crippen LogP contribution in [0.15, 0.2) is 53.7 Å². The molecule has 6 nitrogen and oxygen atoms in total. The van der Waals surface area contributed by atoms with Crippen LogP contribution in [-0.2, 0) is 4.79 Å². The third-order valence-electron chi connectivity index (χ3n) is 5.95. The first-order chi connectivity index (χ1) is 16.0.